The Labute approximate surface area is 107 Å². The van der Waals surface area contributed by atoms with Crippen molar-refractivity contribution < 1.29 is 14.0 Å². The number of anilines is 1. The van der Waals surface area contributed by atoms with Crippen LogP contribution < -0.4 is 15.2 Å². The van der Waals surface area contributed by atoms with Crippen molar-refractivity contribution in [3.8, 4) is 5.88 Å². The van der Waals surface area contributed by atoms with Gasteiger partial charge in [0.2, 0.25) is 5.88 Å². The van der Waals surface area contributed by atoms with E-state index in [2.05, 4.69) is 23.7 Å². The number of pyridine rings is 1. The summed E-state index contributed by atoms with van der Waals surface area (Å²) in [5.41, 5.74) is 7.01. The fraction of sp³-hybridized carbons (Fsp3) is 0.545. The first-order valence-corrected chi connectivity index (χ1v) is 7.19. The van der Waals surface area contributed by atoms with E-state index in [4.69, 9.17) is 15.2 Å². The summed E-state index contributed by atoms with van der Waals surface area (Å²) in [5.74, 6) is 0.921. The number of fused-ring (bicyclic) bond motifs is 1. The lowest BCUT2D eigenvalue weighted by Gasteiger charge is -2.36. The number of hydrogen-bond donors (Lipinski definition) is 2. The molecular weight excluding hydrogens is 253 g/mol. The summed E-state index contributed by atoms with van der Waals surface area (Å²) in [5, 5.41) is 0. The Kier molecular flexibility index (Phi) is 3.90. The molecule has 0 amide bonds. The van der Waals surface area contributed by atoms with Gasteiger partial charge < -0.3 is 20.1 Å². The van der Waals surface area contributed by atoms with E-state index in [0.717, 1.165) is 24.3 Å². The lowest BCUT2D eigenvalue weighted by atomic mass is 9.99. The molecule has 7 heteroatoms. The average Bonchev–Trinajstić information content (AvgIpc) is 2.28. The van der Waals surface area contributed by atoms with E-state index < -0.39 is 8.25 Å². The Morgan fingerprint density at radius 2 is 2.33 bits per heavy atom. The van der Waals surface area contributed by atoms with Crippen LogP contribution in [-0.4, -0.2) is 22.5 Å². The minimum atomic E-state index is -3.03. The van der Waals surface area contributed by atoms with Crippen molar-refractivity contribution in [1.29, 1.82) is 0 Å². The van der Waals surface area contributed by atoms with E-state index in [-0.39, 0.29) is 11.9 Å². The van der Waals surface area contributed by atoms with Crippen LogP contribution in [0.2, 0.25) is 0 Å². The summed E-state index contributed by atoms with van der Waals surface area (Å²) in [4.78, 5) is 15.2. The van der Waals surface area contributed by atoms with E-state index in [1.54, 1.807) is 6.07 Å². The van der Waals surface area contributed by atoms with Crippen LogP contribution >= 0.6 is 8.25 Å². The second-order valence-electron chi connectivity index (χ2n) is 4.61. The van der Waals surface area contributed by atoms with Gasteiger partial charge in [0.1, 0.15) is 5.82 Å². The molecule has 18 heavy (non-hydrogen) atoms. The van der Waals surface area contributed by atoms with Crippen molar-refractivity contribution in [3.63, 3.8) is 0 Å². The van der Waals surface area contributed by atoms with Crippen molar-refractivity contribution in [2.75, 3.05) is 11.4 Å². The molecule has 1 aromatic rings. The summed E-state index contributed by atoms with van der Waals surface area (Å²) in [6.07, 6.45) is 0.879. The lowest BCUT2D eigenvalue weighted by molar-refractivity contribution is 0.403. The Morgan fingerprint density at radius 1 is 1.61 bits per heavy atom. The first kappa shape index (κ1) is 13.3. The molecule has 0 aromatic carbocycles. The predicted molar refractivity (Wildman–Crippen MR) is 70.1 cm³/mol. The highest BCUT2D eigenvalue weighted by Crippen LogP contribution is 2.34. The van der Waals surface area contributed by atoms with Crippen LogP contribution in [0.3, 0.4) is 0 Å². The van der Waals surface area contributed by atoms with Crippen LogP contribution in [0.4, 0.5) is 5.82 Å². The number of hydrogen-bond acceptors (Lipinski definition) is 5. The molecule has 3 N–H and O–H groups in total. The van der Waals surface area contributed by atoms with Gasteiger partial charge >= 0.3 is 8.25 Å². The van der Waals surface area contributed by atoms with Crippen LogP contribution in [0.15, 0.2) is 12.1 Å². The zero-order valence-electron chi connectivity index (χ0n) is 10.5. The molecule has 1 aromatic heterocycles. The minimum Gasteiger partial charge on any atom is -0.408 e. The highest BCUT2D eigenvalue weighted by Gasteiger charge is 2.26. The van der Waals surface area contributed by atoms with E-state index in [1.165, 1.54) is 0 Å². The van der Waals surface area contributed by atoms with Crippen molar-refractivity contribution in [3.05, 3.63) is 17.7 Å². The molecule has 0 aliphatic carbocycles. The Balaban J connectivity index is 2.39. The molecule has 100 valence electrons. The third-order valence-corrected chi connectivity index (χ3v) is 3.43. The molecule has 1 aliphatic heterocycles. The van der Waals surface area contributed by atoms with Gasteiger partial charge in [-0.1, -0.05) is 0 Å². The van der Waals surface area contributed by atoms with Crippen molar-refractivity contribution in [2.24, 2.45) is 5.73 Å². The van der Waals surface area contributed by atoms with Gasteiger partial charge in [0, 0.05) is 30.3 Å². The SMILES string of the molecule is CC(C)N1CCC(N)c2ccc(O[PH](=O)O)nc21. The van der Waals surface area contributed by atoms with Gasteiger partial charge in [0.05, 0.1) is 0 Å². The highest BCUT2D eigenvalue weighted by molar-refractivity contribution is 7.32. The van der Waals surface area contributed by atoms with Gasteiger partial charge in [0.25, 0.3) is 0 Å². The third-order valence-electron chi connectivity index (χ3n) is 3.05. The molecule has 0 saturated carbocycles. The molecular formula is C11H18N3O3P. The normalized spacial score (nSPS) is 20.7. The maximum Gasteiger partial charge on any atom is 0.366 e. The fourth-order valence-electron chi connectivity index (χ4n) is 2.15. The second-order valence-corrected chi connectivity index (χ2v) is 5.35. The van der Waals surface area contributed by atoms with Crippen LogP contribution in [0.1, 0.15) is 31.9 Å². The first-order chi connectivity index (χ1) is 8.49. The second kappa shape index (κ2) is 5.26. The summed E-state index contributed by atoms with van der Waals surface area (Å²) in [7, 11) is -3.03. The number of aromatic nitrogens is 1. The van der Waals surface area contributed by atoms with Gasteiger partial charge in [-0.25, -0.2) is 4.57 Å². The minimum absolute atomic E-state index is 0.0392. The number of nitrogens with zero attached hydrogens (tertiary/aromatic N) is 2. The molecule has 2 rings (SSSR count). The van der Waals surface area contributed by atoms with Crippen molar-refractivity contribution in [1.82, 2.24) is 4.98 Å². The van der Waals surface area contributed by atoms with Crippen LogP contribution in [-0.2, 0) is 4.57 Å². The van der Waals surface area contributed by atoms with Crippen molar-refractivity contribution >= 4 is 14.1 Å². The molecule has 2 heterocycles. The predicted octanol–water partition coefficient (Wildman–Crippen LogP) is 1.46. The van der Waals surface area contributed by atoms with Crippen LogP contribution in [0, 0.1) is 0 Å². The van der Waals surface area contributed by atoms with Gasteiger partial charge in [-0.15, -0.1) is 0 Å². The average molecular weight is 271 g/mol. The van der Waals surface area contributed by atoms with E-state index in [0.29, 0.717) is 6.04 Å². The molecule has 0 radical (unpaired) electrons. The Bertz CT molecular complexity index is 467. The maximum absolute atomic E-state index is 10.7. The monoisotopic (exact) mass is 271 g/mol. The van der Waals surface area contributed by atoms with E-state index in [9.17, 15) is 4.57 Å². The van der Waals surface area contributed by atoms with Gasteiger partial charge in [-0.2, -0.15) is 4.98 Å². The molecule has 6 nitrogen and oxygen atoms in total. The molecule has 0 saturated heterocycles. The largest absolute Gasteiger partial charge is 0.408 e. The highest BCUT2D eigenvalue weighted by atomic mass is 31.1. The van der Waals surface area contributed by atoms with Crippen molar-refractivity contribution in [2.45, 2.75) is 32.4 Å². The third kappa shape index (κ3) is 2.66. The van der Waals surface area contributed by atoms with Crippen LogP contribution in [0.5, 0.6) is 5.88 Å². The van der Waals surface area contributed by atoms with Gasteiger partial charge in [-0.3, -0.25) is 0 Å². The molecule has 2 atom stereocenters. The zero-order valence-corrected chi connectivity index (χ0v) is 11.5. The molecule has 0 bridgehead atoms. The molecule has 1 aliphatic rings. The summed E-state index contributed by atoms with van der Waals surface area (Å²) in [6, 6.07) is 3.66. The summed E-state index contributed by atoms with van der Waals surface area (Å²) in [6.45, 7) is 4.98. The van der Waals surface area contributed by atoms with E-state index in [1.807, 2.05) is 6.07 Å². The zero-order chi connectivity index (χ0) is 13.3. The van der Waals surface area contributed by atoms with Crippen LogP contribution in [0.25, 0.3) is 0 Å². The first-order valence-electron chi connectivity index (χ1n) is 5.93. The topological polar surface area (TPSA) is 88.7 Å². The smallest absolute Gasteiger partial charge is 0.366 e. The summed E-state index contributed by atoms with van der Waals surface area (Å²) >= 11 is 0. The standard InChI is InChI=1S/C11H18N3O3P/c1-7(2)14-6-5-9(12)8-3-4-10(13-11(8)14)17-18(15)16/h3-4,7,9,18H,5-6,12H2,1-2H3,(H,15,16). The Morgan fingerprint density at radius 3 is 2.94 bits per heavy atom. The molecule has 2 unspecified atom stereocenters. The lowest BCUT2D eigenvalue weighted by Crippen LogP contribution is -2.39. The number of rotatable bonds is 3. The maximum atomic E-state index is 10.7. The fourth-order valence-corrected chi connectivity index (χ4v) is 2.44. The molecule has 0 fully saturated rings. The van der Waals surface area contributed by atoms with Gasteiger partial charge in [0.15, 0.2) is 0 Å². The molecule has 0 spiro atoms. The number of nitrogens with two attached hydrogens (primary N) is 1. The van der Waals surface area contributed by atoms with Gasteiger partial charge in [-0.05, 0) is 26.3 Å². The Hall–Kier alpha value is -1.10. The van der Waals surface area contributed by atoms with E-state index >= 15 is 0 Å². The quantitative estimate of drug-likeness (QED) is 0.809. The summed E-state index contributed by atoms with van der Waals surface area (Å²) < 4.78 is 15.5.